The Morgan fingerprint density at radius 1 is 0.528 bits per heavy atom. The molecular weight excluding hydrogens is 641 g/mol. The molecule has 0 N–H and O–H groups in total. The molecule has 6 aromatic carbocycles. The van der Waals surface area contributed by atoms with Crippen molar-refractivity contribution in [1.82, 2.24) is 9.13 Å². The third-order valence-corrected chi connectivity index (χ3v) is 12.5. The van der Waals surface area contributed by atoms with E-state index in [0.29, 0.717) is 5.92 Å². The SMILES string of the molecule is CC1(C)C2=CC(n3c4ccccc4c4cc(-c5ccc6c7ccccc7n(C7=CC=C(c8ccccc8)CC7)c6c5)ccc43)=CCC2c2ccccc21. The molecule has 53 heavy (non-hydrogen) atoms. The summed E-state index contributed by atoms with van der Waals surface area (Å²) in [5.41, 5.74) is 17.4. The summed E-state index contributed by atoms with van der Waals surface area (Å²) >= 11 is 0. The molecule has 0 saturated heterocycles. The summed E-state index contributed by atoms with van der Waals surface area (Å²) in [7, 11) is 0. The van der Waals surface area contributed by atoms with Crippen LogP contribution in [0.3, 0.4) is 0 Å². The van der Waals surface area contributed by atoms with Gasteiger partial charge in [-0.1, -0.05) is 141 Å². The second kappa shape index (κ2) is 11.4. The van der Waals surface area contributed by atoms with Crippen LogP contribution in [0.25, 0.3) is 71.7 Å². The van der Waals surface area contributed by atoms with E-state index in [-0.39, 0.29) is 5.41 Å². The van der Waals surface area contributed by atoms with Crippen LogP contribution in [0.15, 0.2) is 169 Å². The van der Waals surface area contributed by atoms with Crippen molar-refractivity contribution < 1.29 is 0 Å². The maximum Gasteiger partial charge on any atom is 0.0544 e. The van der Waals surface area contributed by atoms with Crippen molar-refractivity contribution in [3.63, 3.8) is 0 Å². The van der Waals surface area contributed by atoms with Crippen molar-refractivity contribution in [1.29, 1.82) is 0 Å². The van der Waals surface area contributed by atoms with E-state index in [1.807, 2.05) is 0 Å². The lowest BCUT2D eigenvalue weighted by Gasteiger charge is -2.27. The summed E-state index contributed by atoms with van der Waals surface area (Å²) in [6.45, 7) is 4.80. The number of fused-ring (bicyclic) bond motifs is 9. The predicted molar refractivity (Wildman–Crippen MR) is 225 cm³/mol. The minimum atomic E-state index is 0.0158. The third kappa shape index (κ3) is 4.51. The first kappa shape index (κ1) is 30.5. The van der Waals surface area contributed by atoms with Gasteiger partial charge in [-0.05, 0) is 95.1 Å². The van der Waals surface area contributed by atoms with Crippen LogP contribution >= 0.6 is 0 Å². The van der Waals surface area contributed by atoms with Crippen molar-refractivity contribution in [3.05, 3.63) is 186 Å². The van der Waals surface area contributed by atoms with Gasteiger partial charge in [-0.3, -0.25) is 0 Å². The molecule has 1 atom stereocenters. The van der Waals surface area contributed by atoms with E-state index in [1.54, 1.807) is 0 Å². The zero-order valence-electron chi connectivity index (χ0n) is 30.2. The number of aromatic nitrogens is 2. The fourth-order valence-corrected chi connectivity index (χ4v) is 9.87. The second-order valence-electron chi connectivity index (χ2n) is 15.6. The first-order valence-electron chi connectivity index (χ1n) is 19.1. The standard InChI is InChI=1S/C51H40N2/c1-51(2)45-17-9-6-14-39(45)40-28-26-38(32-46(40)51)53-48-19-11-8-16-42(48)44-30-35(23-29-49(44)53)36-22-27-43-41-15-7-10-18-47(41)52(50(43)31-36)37-24-20-34(21-25-37)33-12-4-3-5-13-33/h3-20,22-24,26-27,29-32,40H,21,25,28H2,1-2H3. The van der Waals surface area contributed by atoms with E-state index in [9.17, 15) is 0 Å². The Bertz CT molecular complexity index is 2940. The van der Waals surface area contributed by atoms with Gasteiger partial charge < -0.3 is 9.13 Å². The minimum absolute atomic E-state index is 0.0158. The Balaban J connectivity index is 1.04. The second-order valence-corrected chi connectivity index (χ2v) is 15.6. The molecule has 0 fully saturated rings. The van der Waals surface area contributed by atoms with Gasteiger partial charge in [0, 0.05) is 44.3 Å². The van der Waals surface area contributed by atoms with Crippen molar-refractivity contribution in [2.24, 2.45) is 0 Å². The maximum atomic E-state index is 2.51. The van der Waals surface area contributed by atoms with Gasteiger partial charge in [-0.2, -0.15) is 0 Å². The van der Waals surface area contributed by atoms with Gasteiger partial charge >= 0.3 is 0 Å². The number of nitrogens with zero attached hydrogens (tertiary/aromatic N) is 2. The molecule has 8 aromatic rings. The van der Waals surface area contributed by atoms with E-state index in [2.05, 4.69) is 187 Å². The summed E-state index contributed by atoms with van der Waals surface area (Å²) < 4.78 is 5.01. The quantitative estimate of drug-likeness (QED) is 0.175. The molecule has 11 rings (SSSR count). The van der Waals surface area contributed by atoms with E-state index < -0.39 is 0 Å². The Morgan fingerprint density at radius 3 is 2.00 bits per heavy atom. The summed E-state index contributed by atoms with van der Waals surface area (Å²) in [4.78, 5) is 0. The predicted octanol–water partition coefficient (Wildman–Crippen LogP) is 13.5. The smallest absolute Gasteiger partial charge is 0.0544 e. The maximum absolute atomic E-state index is 2.51. The van der Waals surface area contributed by atoms with Crippen LogP contribution in [-0.4, -0.2) is 9.13 Å². The molecule has 0 saturated carbocycles. The lowest BCUT2D eigenvalue weighted by atomic mass is 9.78. The van der Waals surface area contributed by atoms with Crippen LogP contribution in [-0.2, 0) is 5.41 Å². The Hall–Kier alpha value is -6.12. The highest BCUT2D eigenvalue weighted by atomic mass is 15.0. The molecular formula is C51H40N2. The highest BCUT2D eigenvalue weighted by Crippen LogP contribution is 2.54. The van der Waals surface area contributed by atoms with Gasteiger partial charge in [0.25, 0.3) is 0 Å². The monoisotopic (exact) mass is 680 g/mol. The molecule has 2 aromatic heterocycles. The third-order valence-electron chi connectivity index (χ3n) is 12.5. The summed E-state index contributed by atoms with van der Waals surface area (Å²) in [5.74, 6) is 0.460. The molecule has 2 nitrogen and oxygen atoms in total. The topological polar surface area (TPSA) is 9.86 Å². The molecule has 0 bridgehead atoms. The highest BCUT2D eigenvalue weighted by Gasteiger charge is 2.42. The van der Waals surface area contributed by atoms with Gasteiger partial charge in [0.1, 0.15) is 0 Å². The van der Waals surface area contributed by atoms with E-state index in [1.165, 1.54) is 94.0 Å². The Labute approximate surface area is 310 Å². The van der Waals surface area contributed by atoms with E-state index in [0.717, 1.165) is 19.3 Å². The van der Waals surface area contributed by atoms with Crippen LogP contribution in [0.1, 0.15) is 55.7 Å². The molecule has 0 amide bonds. The first-order valence-corrected chi connectivity index (χ1v) is 19.1. The fourth-order valence-electron chi connectivity index (χ4n) is 9.87. The van der Waals surface area contributed by atoms with Gasteiger partial charge in [0.15, 0.2) is 0 Å². The summed E-state index contributed by atoms with van der Waals surface area (Å²) in [6.07, 6.45) is 12.7. The van der Waals surface area contributed by atoms with Crippen molar-refractivity contribution >= 4 is 60.6 Å². The van der Waals surface area contributed by atoms with Crippen LogP contribution < -0.4 is 0 Å². The molecule has 0 spiro atoms. The average molecular weight is 681 g/mol. The lowest BCUT2D eigenvalue weighted by Crippen LogP contribution is -2.18. The van der Waals surface area contributed by atoms with E-state index >= 15 is 0 Å². The molecule has 0 radical (unpaired) electrons. The van der Waals surface area contributed by atoms with Crippen LogP contribution in [0.5, 0.6) is 0 Å². The number of para-hydroxylation sites is 2. The van der Waals surface area contributed by atoms with Gasteiger partial charge in [0.05, 0.1) is 22.1 Å². The molecule has 2 heterocycles. The average Bonchev–Trinajstić information content (AvgIpc) is 3.81. The van der Waals surface area contributed by atoms with Gasteiger partial charge in [-0.15, -0.1) is 0 Å². The highest BCUT2D eigenvalue weighted by molar-refractivity contribution is 6.13. The van der Waals surface area contributed by atoms with Crippen LogP contribution in [0, 0.1) is 0 Å². The zero-order chi connectivity index (χ0) is 35.3. The lowest BCUT2D eigenvalue weighted by molar-refractivity contribution is 0.612. The fraction of sp³-hybridized carbons (Fsp3) is 0.137. The van der Waals surface area contributed by atoms with Crippen LogP contribution in [0.4, 0.5) is 0 Å². The zero-order valence-corrected chi connectivity index (χ0v) is 30.2. The number of rotatable bonds is 4. The molecule has 2 heteroatoms. The minimum Gasteiger partial charge on any atom is -0.313 e. The molecule has 1 unspecified atom stereocenters. The van der Waals surface area contributed by atoms with Crippen molar-refractivity contribution in [2.45, 2.75) is 44.4 Å². The molecule has 3 aliphatic carbocycles. The number of hydrogen-bond acceptors (Lipinski definition) is 0. The number of allylic oxidation sites excluding steroid dienone is 8. The largest absolute Gasteiger partial charge is 0.313 e. The first-order chi connectivity index (χ1) is 26.0. The molecule has 3 aliphatic rings. The van der Waals surface area contributed by atoms with E-state index in [4.69, 9.17) is 0 Å². The van der Waals surface area contributed by atoms with Gasteiger partial charge in [0.2, 0.25) is 0 Å². The number of hydrogen-bond donors (Lipinski definition) is 0. The normalized spacial score (nSPS) is 17.8. The molecule has 0 aliphatic heterocycles. The summed E-state index contributed by atoms with van der Waals surface area (Å²) in [5, 5.41) is 5.19. The van der Waals surface area contributed by atoms with Crippen LogP contribution in [0.2, 0.25) is 0 Å². The Morgan fingerprint density at radius 2 is 1.19 bits per heavy atom. The Kier molecular flexibility index (Phi) is 6.58. The number of benzene rings is 6. The van der Waals surface area contributed by atoms with Crippen molar-refractivity contribution in [3.8, 4) is 11.1 Å². The molecule has 254 valence electrons. The van der Waals surface area contributed by atoms with Crippen molar-refractivity contribution in [2.75, 3.05) is 0 Å². The summed E-state index contributed by atoms with van der Waals surface area (Å²) in [6, 6.07) is 51.9. The van der Waals surface area contributed by atoms with Gasteiger partial charge in [-0.25, -0.2) is 0 Å².